The van der Waals surface area contributed by atoms with Gasteiger partial charge in [0.05, 0.1) is 12.7 Å². The predicted molar refractivity (Wildman–Crippen MR) is 161 cm³/mol. The normalized spacial score (nSPS) is 20.7. The minimum absolute atomic E-state index is 0.0460. The maximum atomic E-state index is 14.0. The molecule has 2 atom stereocenters. The van der Waals surface area contributed by atoms with E-state index < -0.39 is 5.92 Å². The number of benzene rings is 3. The molecule has 0 bridgehead atoms. The number of hydrogen-bond acceptors (Lipinski definition) is 6. The van der Waals surface area contributed by atoms with Gasteiger partial charge in [-0.25, -0.2) is 4.79 Å². The first-order chi connectivity index (χ1) is 20.5. The van der Waals surface area contributed by atoms with Gasteiger partial charge in [-0.2, -0.15) is 0 Å². The molecule has 1 aliphatic heterocycles. The first-order valence-corrected chi connectivity index (χ1v) is 14.9. The van der Waals surface area contributed by atoms with Gasteiger partial charge in [-0.3, -0.25) is 4.79 Å². The van der Waals surface area contributed by atoms with Crippen LogP contribution >= 0.6 is 0 Å². The second-order valence-electron chi connectivity index (χ2n) is 11.4. The fourth-order valence-corrected chi connectivity index (χ4v) is 6.54. The van der Waals surface area contributed by atoms with Gasteiger partial charge in [-0.15, -0.1) is 0 Å². The van der Waals surface area contributed by atoms with E-state index in [9.17, 15) is 9.59 Å². The van der Waals surface area contributed by atoms with Crippen LogP contribution in [0.3, 0.4) is 0 Å². The fraction of sp³-hybridized carbons (Fsp3) is 0.333. The zero-order valence-corrected chi connectivity index (χ0v) is 24.2. The summed E-state index contributed by atoms with van der Waals surface area (Å²) in [4.78, 5) is 27.8. The third kappa shape index (κ3) is 5.71. The molecule has 3 aromatic rings. The number of ether oxygens (including phenoxy) is 3. The lowest BCUT2D eigenvalue weighted by molar-refractivity contribution is -0.144. The Morgan fingerprint density at radius 1 is 0.881 bits per heavy atom. The van der Waals surface area contributed by atoms with Crippen LogP contribution < -0.4 is 14.8 Å². The summed E-state index contributed by atoms with van der Waals surface area (Å²) in [5.74, 6) is 0.360. The Bertz CT molecular complexity index is 1520. The molecule has 42 heavy (non-hydrogen) atoms. The van der Waals surface area contributed by atoms with E-state index in [1.165, 1.54) is 0 Å². The van der Waals surface area contributed by atoms with E-state index in [4.69, 9.17) is 14.2 Å². The van der Waals surface area contributed by atoms with E-state index in [0.717, 1.165) is 53.8 Å². The molecule has 1 N–H and O–H groups in total. The maximum absolute atomic E-state index is 14.0. The second-order valence-corrected chi connectivity index (χ2v) is 11.4. The Morgan fingerprint density at radius 2 is 1.60 bits per heavy atom. The number of methoxy groups -OCH3 is 1. The molecule has 1 heterocycles. The van der Waals surface area contributed by atoms with Crippen molar-refractivity contribution in [1.82, 2.24) is 5.32 Å². The first-order valence-electron chi connectivity index (χ1n) is 14.9. The van der Waals surface area contributed by atoms with Crippen LogP contribution in [0.15, 0.2) is 101 Å². The number of carbonyl (C=O) groups excluding carboxylic acids is 2. The van der Waals surface area contributed by atoms with Crippen LogP contribution in [0.4, 0.5) is 0 Å². The lowest BCUT2D eigenvalue weighted by Crippen LogP contribution is -2.36. The third-order valence-corrected chi connectivity index (χ3v) is 8.65. The first kappa shape index (κ1) is 27.8. The molecule has 6 heteroatoms. The Labute approximate surface area is 247 Å². The number of allylic oxidation sites excluding steroid dienone is 3. The van der Waals surface area contributed by atoms with E-state index >= 15 is 0 Å². The average molecular weight is 564 g/mol. The van der Waals surface area contributed by atoms with Crippen molar-refractivity contribution < 1.29 is 23.8 Å². The van der Waals surface area contributed by atoms with Crippen LogP contribution in [-0.2, 0) is 20.9 Å². The summed E-state index contributed by atoms with van der Waals surface area (Å²) >= 11 is 0. The Hall–Kier alpha value is -4.32. The number of esters is 1. The van der Waals surface area contributed by atoms with Gasteiger partial charge < -0.3 is 19.5 Å². The van der Waals surface area contributed by atoms with E-state index in [1.807, 2.05) is 73.7 Å². The molecular weight excluding hydrogens is 526 g/mol. The van der Waals surface area contributed by atoms with E-state index in [-0.39, 0.29) is 23.8 Å². The van der Waals surface area contributed by atoms with Crippen molar-refractivity contribution in [3.8, 4) is 11.5 Å². The highest BCUT2D eigenvalue weighted by Crippen LogP contribution is 2.47. The average Bonchev–Trinajstić information content (AvgIpc) is 3.53. The minimum atomic E-state index is -0.559. The molecule has 216 valence electrons. The van der Waals surface area contributed by atoms with Crippen molar-refractivity contribution in [2.24, 2.45) is 0 Å². The highest BCUT2D eigenvalue weighted by atomic mass is 16.5. The van der Waals surface area contributed by atoms with Crippen LogP contribution in [0.5, 0.6) is 11.5 Å². The van der Waals surface area contributed by atoms with Gasteiger partial charge in [0.25, 0.3) is 0 Å². The van der Waals surface area contributed by atoms with Crippen LogP contribution in [0, 0.1) is 0 Å². The summed E-state index contributed by atoms with van der Waals surface area (Å²) in [6.07, 6.45) is 4.88. The van der Waals surface area contributed by atoms with Gasteiger partial charge in [-0.1, -0.05) is 66.7 Å². The zero-order valence-electron chi connectivity index (χ0n) is 24.2. The quantitative estimate of drug-likeness (QED) is 0.294. The van der Waals surface area contributed by atoms with Crippen LogP contribution in [0.2, 0.25) is 0 Å². The van der Waals surface area contributed by atoms with Gasteiger partial charge >= 0.3 is 5.97 Å². The van der Waals surface area contributed by atoms with Gasteiger partial charge in [0.15, 0.2) is 17.3 Å². The highest BCUT2D eigenvalue weighted by Gasteiger charge is 2.42. The number of carbonyl (C=O) groups is 2. The monoisotopic (exact) mass is 563 g/mol. The molecule has 0 radical (unpaired) electrons. The molecule has 0 spiro atoms. The lowest BCUT2D eigenvalue weighted by Gasteiger charge is -2.37. The molecule has 0 unspecified atom stereocenters. The standard InChI is InChI=1S/C36H37NO5/c1-23-33(36(39)42-28-15-9-10-16-28)34(35-29(37-23)19-27(20-30(35)38)25-13-7-4-8-14-25)26-17-18-31(32(21-26)40-2)41-22-24-11-5-3-6-12-24/h3-8,11-14,17-18,21,27-28,34,37H,9-10,15-16,19-20,22H2,1-2H3/t27-,34-/m1/s1. The molecule has 2 aliphatic carbocycles. The summed E-state index contributed by atoms with van der Waals surface area (Å²) in [5, 5.41) is 3.46. The zero-order chi connectivity index (χ0) is 29.1. The molecule has 0 saturated heterocycles. The van der Waals surface area contributed by atoms with Gasteiger partial charge in [0, 0.05) is 29.3 Å². The van der Waals surface area contributed by atoms with Crippen molar-refractivity contribution in [1.29, 1.82) is 0 Å². The van der Waals surface area contributed by atoms with Crippen molar-refractivity contribution in [3.63, 3.8) is 0 Å². The fourth-order valence-electron chi connectivity index (χ4n) is 6.54. The molecule has 6 rings (SSSR count). The van der Waals surface area contributed by atoms with Crippen molar-refractivity contribution in [3.05, 3.63) is 118 Å². The van der Waals surface area contributed by atoms with E-state index in [1.54, 1.807) is 7.11 Å². The molecule has 1 saturated carbocycles. The Kier molecular flexibility index (Phi) is 8.13. The number of ketones is 1. The summed E-state index contributed by atoms with van der Waals surface area (Å²) in [7, 11) is 1.61. The summed E-state index contributed by atoms with van der Waals surface area (Å²) in [5.41, 5.74) is 5.74. The third-order valence-electron chi connectivity index (χ3n) is 8.65. The van der Waals surface area contributed by atoms with Gasteiger partial charge in [0.1, 0.15) is 12.7 Å². The topological polar surface area (TPSA) is 73.9 Å². The number of nitrogens with one attached hydrogen (secondary N) is 1. The molecule has 0 aromatic heterocycles. The molecule has 3 aromatic carbocycles. The smallest absolute Gasteiger partial charge is 0.337 e. The number of Topliss-reactive ketones (excluding diaryl/α,β-unsaturated/α-hetero) is 1. The predicted octanol–water partition coefficient (Wildman–Crippen LogP) is 7.12. The Morgan fingerprint density at radius 3 is 2.31 bits per heavy atom. The summed E-state index contributed by atoms with van der Waals surface area (Å²) in [6.45, 7) is 2.31. The number of hydrogen-bond donors (Lipinski definition) is 1. The number of rotatable bonds is 8. The van der Waals surface area contributed by atoms with E-state index in [2.05, 4.69) is 17.4 Å². The van der Waals surface area contributed by atoms with Crippen LogP contribution in [0.25, 0.3) is 0 Å². The maximum Gasteiger partial charge on any atom is 0.337 e. The van der Waals surface area contributed by atoms with E-state index in [0.29, 0.717) is 42.1 Å². The van der Waals surface area contributed by atoms with Crippen molar-refractivity contribution >= 4 is 11.8 Å². The second kappa shape index (κ2) is 12.3. The molecule has 1 fully saturated rings. The van der Waals surface area contributed by atoms with Crippen molar-refractivity contribution in [2.75, 3.05) is 7.11 Å². The summed E-state index contributed by atoms with van der Waals surface area (Å²) < 4.78 is 17.9. The largest absolute Gasteiger partial charge is 0.493 e. The highest BCUT2D eigenvalue weighted by molar-refractivity contribution is 6.04. The summed E-state index contributed by atoms with van der Waals surface area (Å²) in [6, 6.07) is 25.8. The molecule has 0 amide bonds. The lowest BCUT2D eigenvalue weighted by atomic mass is 9.71. The van der Waals surface area contributed by atoms with Crippen LogP contribution in [0.1, 0.15) is 74.0 Å². The van der Waals surface area contributed by atoms with Crippen LogP contribution in [-0.4, -0.2) is 25.0 Å². The SMILES string of the molecule is COc1cc([C@@H]2C(C(=O)OC3CCCC3)=C(C)NC3=C2C(=O)C[C@H](c2ccccc2)C3)ccc1OCc1ccccc1. The molecule has 6 nitrogen and oxygen atoms in total. The minimum Gasteiger partial charge on any atom is -0.493 e. The van der Waals surface area contributed by atoms with Crippen molar-refractivity contribution in [2.45, 2.75) is 70.0 Å². The number of dihydropyridines is 1. The van der Waals surface area contributed by atoms with Gasteiger partial charge in [-0.05, 0) is 73.8 Å². The molecule has 3 aliphatic rings. The Balaban J connectivity index is 1.37. The molecular formula is C36H37NO5. The van der Waals surface area contributed by atoms with Gasteiger partial charge in [0.2, 0.25) is 0 Å².